The molecule has 1 heterocycles. The Morgan fingerprint density at radius 3 is 2.71 bits per heavy atom. The number of hydrogen-bond donors (Lipinski definition) is 0. The Balaban J connectivity index is 2.04. The number of rotatable bonds is 3. The summed E-state index contributed by atoms with van der Waals surface area (Å²) in [5.41, 5.74) is 4.06. The third kappa shape index (κ3) is 2.05. The maximum Gasteiger partial charge on any atom is 0.147 e. The topological polar surface area (TPSA) is 26.0 Å². The van der Waals surface area contributed by atoms with Gasteiger partial charge in [0.05, 0.1) is 5.69 Å². The molecule has 1 aromatic rings. The Morgan fingerprint density at radius 1 is 1.29 bits per heavy atom. The number of nitrogens with zero attached hydrogens (tertiary/aromatic N) is 1. The lowest BCUT2D eigenvalue weighted by Gasteiger charge is -2.14. The Kier molecular flexibility index (Phi) is 2.81. The molecule has 2 aliphatic carbocycles. The summed E-state index contributed by atoms with van der Waals surface area (Å²) in [6.45, 7) is 4.42. The summed E-state index contributed by atoms with van der Waals surface area (Å²) < 4.78 is 5.64. The van der Waals surface area contributed by atoms with E-state index in [2.05, 4.69) is 25.1 Å². The van der Waals surface area contributed by atoms with E-state index >= 15 is 0 Å². The summed E-state index contributed by atoms with van der Waals surface area (Å²) in [7, 11) is 0. The van der Waals surface area contributed by atoms with Crippen molar-refractivity contribution >= 4 is 5.57 Å². The van der Waals surface area contributed by atoms with Crippen LogP contribution in [-0.4, -0.2) is 5.16 Å². The minimum Gasteiger partial charge on any atom is -0.360 e. The van der Waals surface area contributed by atoms with Crippen LogP contribution < -0.4 is 0 Å². The van der Waals surface area contributed by atoms with Crippen LogP contribution in [0, 0.1) is 0 Å². The van der Waals surface area contributed by atoms with Crippen molar-refractivity contribution in [2.45, 2.75) is 64.2 Å². The smallest absolute Gasteiger partial charge is 0.147 e. The van der Waals surface area contributed by atoms with E-state index in [-0.39, 0.29) is 0 Å². The van der Waals surface area contributed by atoms with Gasteiger partial charge in [0, 0.05) is 11.5 Å². The van der Waals surface area contributed by atoms with Crippen molar-refractivity contribution < 1.29 is 4.52 Å². The van der Waals surface area contributed by atoms with Gasteiger partial charge in [0.1, 0.15) is 5.76 Å². The fourth-order valence-electron chi connectivity index (χ4n) is 2.72. The van der Waals surface area contributed by atoms with E-state index in [4.69, 9.17) is 4.52 Å². The highest BCUT2D eigenvalue weighted by atomic mass is 16.5. The molecule has 2 heteroatoms. The second kappa shape index (κ2) is 4.32. The molecule has 0 amide bonds. The second-order valence-corrected chi connectivity index (χ2v) is 5.71. The fourth-order valence-corrected chi connectivity index (χ4v) is 2.72. The van der Waals surface area contributed by atoms with Crippen molar-refractivity contribution in [2.24, 2.45) is 0 Å². The van der Waals surface area contributed by atoms with Crippen molar-refractivity contribution in [1.29, 1.82) is 0 Å². The van der Waals surface area contributed by atoms with E-state index in [1.54, 1.807) is 0 Å². The molecule has 3 rings (SSSR count). The van der Waals surface area contributed by atoms with Crippen molar-refractivity contribution in [1.82, 2.24) is 5.16 Å². The Bertz CT molecular complexity index is 418. The molecule has 1 fully saturated rings. The fraction of sp³-hybridized carbons (Fsp3) is 0.667. The van der Waals surface area contributed by atoms with E-state index in [0.717, 1.165) is 0 Å². The molecule has 0 spiro atoms. The van der Waals surface area contributed by atoms with Crippen molar-refractivity contribution in [2.75, 3.05) is 0 Å². The largest absolute Gasteiger partial charge is 0.360 e. The van der Waals surface area contributed by atoms with E-state index in [9.17, 15) is 0 Å². The predicted octanol–water partition coefficient (Wildman–Crippen LogP) is 4.63. The van der Waals surface area contributed by atoms with Gasteiger partial charge in [0.25, 0.3) is 0 Å². The molecule has 92 valence electrons. The molecule has 17 heavy (non-hydrogen) atoms. The summed E-state index contributed by atoms with van der Waals surface area (Å²) in [4.78, 5) is 0. The lowest BCUT2D eigenvalue weighted by atomic mass is 9.89. The Morgan fingerprint density at radius 2 is 2.12 bits per heavy atom. The van der Waals surface area contributed by atoms with Crippen LogP contribution in [0.5, 0.6) is 0 Å². The second-order valence-electron chi connectivity index (χ2n) is 5.71. The highest BCUT2D eigenvalue weighted by molar-refractivity contribution is 5.70. The number of aromatic nitrogens is 1. The normalized spacial score (nSPS) is 20.8. The molecule has 1 saturated carbocycles. The highest BCUT2D eigenvalue weighted by Crippen LogP contribution is 2.46. The van der Waals surface area contributed by atoms with Crippen LogP contribution in [0.4, 0.5) is 0 Å². The standard InChI is InChI=1S/C15H21NO/c1-10(2)14-13(11-6-4-3-5-7-11)15(17-16-14)12-8-9-12/h6,10,12H,3-5,7-9H2,1-2H3. The summed E-state index contributed by atoms with van der Waals surface area (Å²) in [6.07, 6.45) is 10.1. The van der Waals surface area contributed by atoms with Crippen LogP contribution >= 0.6 is 0 Å². The van der Waals surface area contributed by atoms with Crippen LogP contribution in [0.3, 0.4) is 0 Å². The zero-order chi connectivity index (χ0) is 11.8. The van der Waals surface area contributed by atoms with Gasteiger partial charge >= 0.3 is 0 Å². The monoisotopic (exact) mass is 231 g/mol. The average molecular weight is 231 g/mol. The molecule has 0 radical (unpaired) electrons. The lowest BCUT2D eigenvalue weighted by Crippen LogP contribution is -1.99. The zero-order valence-electron chi connectivity index (χ0n) is 10.8. The maximum absolute atomic E-state index is 5.64. The summed E-state index contributed by atoms with van der Waals surface area (Å²) in [5, 5.41) is 4.34. The third-order valence-corrected chi connectivity index (χ3v) is 3.85. The molecular weight excluding hydrogens is 210 g/mol. The van der Waals surface area contributed by atoms with Gasteiger partial charge < -0.3 is 4.52 Å². The van der Waals surface area contributed by atoms with Gasteiger partial charge in [-0.2, -0.15) is 0 Å². The lowest BCUT2D eigenvalue weighted by molar-refractivity contribution is 0.375. The summed E-state index contributed by atoms with van der Waals surface area (Å²) >= 11 is 0. The highest BCUT2D eigenvalue weighted by Gasteiger charge is 2.34. The zero-order valence-corrected chi connectivity index (χ0v) is 10.8. The molecule has 0 saturated heterocycles. The first-order chi connectivity index (χ1) is 8.27. The minimum absolute atomic E-state index is 0.462. The molecule has 0 aliphatic heterocycles. The molecule has 0 atom stereocenters. The Labute approximate surface area is 103 Å². The van der Waals surface area contributed by atoms with Crippen molar-refractivity contribution in [3.8, 4) is 0 Å². The molecule has 2 aliphatic rings. The molecule has 0 aromatic carbocycles. The number of hydrogen-bond acceptors (Lipinski definition) is 2. The first-order valence-electron chi connectivity index (χ1n) is 6.96. The summed E-state index contributed by atoms with van der Waals surface area (Å²) in [6, 6.07) is 0. The predicted molar refractivity (Wildman–Crippen MR) is 69.0 cm³/mol. The van der Waals surface area contributed by atoms with Gasteiger partial charge in [-0.15, -0.1) is 0 Å². The Hall–Kier alpha value is -1.05. The van der Waals surface area contributed by atoms with Crippen LogP contribution in [0.2, 0.25) is 0 Å². The van der Waals surface area contributed by atoms with E-state index < -0.39 is 0 Å². The van der Waals surface area contributed by atoms with E-state index in [1.165, 1.54) is 61.1 Å². The van der Waals surface area contributed by atoms with Crippen LogP contribution in [0.15, 0.2) is 10.6 Å². The quantitative estimate of drug-likeness (QED) is 0.757. The molecule has 0 N–H and O–H groups in total. The van der Waals surface area contributed by atoms with Crippen molar-refractivity contribution in [3.63, 3.8) is 0 Å². The molecular formula is C15H21NO. The van der Waals surface area contributed by atoms with E-state index in [1.807, 2.05) is 0 Å². The van der Waals surface area contributed by atoms with Crippen LogP contribution in [-0.2, 0) is 0 Å². The summed E-state index contributed by atoms with van der Waals surface area (Å²) in [5.74, 6) is 2.30. The van der Waals surface area contributed by atoms with Gasteiger partial charge in [-0.25, -0.2) is 0 Å². The first-order valence-corrected chi connectivity index (χ1v) is 6.96. The number of allylic oxidation sites excluding steroid dienone is 2. The van der Waals surface area contributed by atoms with Gasteiger partial charge in [0.2, 0.25) is 0 Å². The van der Waals surface area contributed by atoms with Crippen molar-refractivity contribution in [3.05, 3.63) is 23.1 Å². The van der Waals surface area contributed by atoms with Gasteiger partial charge in [-0.05, 0) is 50.0 Å². The molecule has 2 nitrogen and oxygen atoms in total. The van der Waals surface area contributed by atoms with Gasteiger partial charge in [0.15, 0.2) is 0 Å². The van der Waals surface area contributed by atoms with Gasteiger partial charge in [-0.3, -0.25) is 0 Å². The molecule has 0 unspecified atom stereocenters. The minimum atomic E-state index is 0.462. The SMILES string of the molecule is CC(C)c1noc(C2CC2)c1C1=CCCCC1. The van der Waals surface area contributed by atoms with Gasteiger partial charge in [-0.1, -0.05) is 25.1 Å². The van der Waals surface area contributed by atoms with Crippen LogP contribution in [0.25, 0.3) is 5.57 Å². The van der Waals surface area contributed by atoms with Crippen LogP contribution in [0.1, 0.15) is 81.2 Å². The average Bonchev–Trinajstić information content (AvgIpc) is 3.08. The first kappa shape index (κ1) is 11.1. The molecule has 1 aromatic heterocycles. The maximum atomic E-state index is 5.64. The van der Waals surface area contributed by atoms with E-state index in [0.29, 0.717) is 11.8 Å². The third-order valence-electron chi connectivity index (χ3n) is 3.85. The molecule has 0 bridgehead atoms.